The van der Waals surface area contributed by atoms with Crippen LogP contribution < -0.4 is 15.4 Å². The second-order valence-electron chi connectivity index (χ2n) is 5.20. The molecule has 0 saturated heterocycles. The third kappa shape index (κ3) is 2.94. The molecule has 0 aliphatic carbocycles. The van der Waals surface area contributed by atoms with Crippen LogP contribution in [0.5, 0.6) is 5.75 Å². The number of pyridine rings is 1. The Bertz CT molecular complexity index is 747. The molecule has 1 amide bonds. The maximum absolute atomic E-state index is 12.7. The molecular weight excluding hydrogens is 337 g/mol. The predicted octanol–water partition coefficient (Wildman–Crippen LogP) is 3.67. The average Bonchev–Trinajstić information content (AvgIpc) is 2.52. The van der Waals surface area contributed by atoms with Crippen LogP contribution in [0.15, 0.2) is 30.3 Å². The topological polar surface area (TPSA) is 68.5 Å². The van der Waals surface area contributed by atoms with Gasteiger partial charge in [0, 0.05) is 15.6 Å². The minimum Gasteiger partial charge on any atom is -0.477 e. The summed E-state index contributed by atoms with van der Waals surface area (Å²) in [6.45, 7) is 2.10. The predicted molar refractivity (Wildman–Crippen MR) is 91.0 cm³/mol. The van der Waals surface area contributed by atoms with Crippen molar-refractivity contribution in [3.8, 4) is 5.75 Å². The molecule has 1 aromatic heterocycles. The highest BCUT2D eigenvalue weighted by atomic mass is 35.5. The van der Waals surface area contributed by atoms with E-state index in [4.69, 9.17) is 33.7 Å². The lowest BCUT2D eigenvalue weighted by atomic mass is 10.1. The number of benzene rings is 1. The molecule has 2 aromatic rings. The normalized spacial score (nSPS) is 16.9. The summed E-state index contributed by atoms with van der Waals surface area (Å²) in [4.78, 5) is 18.5. The minimum atomic E-state index is -0.561. The number of carbonyl (C=O) groups excluding carboxylic acids is 1. The third-order valence-electron chi connectivity index (χ3n) is 3.68. The number of nitrogens with zero attached hydrogens (tertiary/aromatic N) is 2. The number of rotatable bonds is 3. The Morgan fingerprint density at radius 1 is 1.26 bits per heavy atom. The number of aromatic nitrogens is 1. The Balaban J connectivity index is 2.06. The van der Waals surface area contributed by atoms with Crippen LogP contribution in [0.2, 0.25) is 10.0 Å². The maximum atomic E-state index is 12.7. The van der Waals surface area contributed by atoms with E-state index in [0.29, 0.717) is 39.4 Å². The first-order chi connectivity index (χ1) is 11.0. The number of hydrogen-bond acceptors (Lipinski definition) is 4. The van der Waals surface area contributed by atoms with Gasteiger partial charge in [0.25, 0.3) is 5.91 Å². The molecular formula is C16H15Cl2N3O2. The first-order valence-corrected chi connectivity index (χ1v) is 7.94. The highest BCUT2D eigenvalue weighted by Crippen LogP contribution is 2.36. The summed E-state index contributed by atoms with van der Waals surface area (Å²) < 4.78 is 5.70. The number of anilines is 2. The van der Waals surface area contributed by atoms with E-state index in [0.717, 1.165) is 0 Å². The van der Waals surface area contributed by atoms with Crippen molar-refractivity contribution >= 4 is 40.7 Å². The van der Waals surface area contributed by atoms with Gasteiger partial charge in [-0.15, -0.1) is 0 Å². The number of amides is 1. The van der Waals surface area contributed by atoms with E-state index in [-0.39, 0.29) is 12.5 Å². The molecule has 0 fully saturated rings. The molecule has 23 heavy (non-hydrogen) atoms. The number of hydrogen-bond donors (Lipinski definition) is 1. The monoisotopic (exact) mass is 351 g/mol. The van der Waals surface area contributed by atoms with Crippen molar-refractivity contribution in [2.75, 3.05) is 10.6 Å². The molecule has 2 N–H and O–H groups in total. The molecule has 1 aromatic carbocycles. The second-order valence-corrected chi connectivity index (χ2v) is 6.01. The fraction of sp³-hybridized carbons (Fsp3) is 0.250. The zero-order valence-electron chi connectivity index (χ0n) is 12.4. The number of nitrogens with two attached hydrogens (primary N) is 1. The molecule has 0 radical (unpaired) electrons. The smallest absolute Gasteiger partial charge is 0.269 e. The SMILES string of the molecule is CCC1Oc2ccc(N)nc2N(Cc2c(Cl)cccc2Cl)C1=O. The van der Waals surface area contributed by atoms with Gasteiger partial charge in [-0.05, 0) is 30.7 Å². The van der Waals surface area contributed by atoms with Crippen LogP contribution in [0.25, 0.3) is 0 Å². The number of nitrogen functional groups attached to an aromatic ring is 1. The Hall–Kier alpha value is -1.98. The lowest BCUT2D eigenvalue weighted by Gasteiger charge is -2.33. The van der Waals surface area contributed by atoms with Crippen molar-refractivity contribution in [1.82, 2.24) is 4.98 Å². The van der Waals surface area contributed by atoms with Crippen molar-refractivity contribution in [1.29, 1.82) is 0 Å². The Labute approximate surface area is 144 Å². The molecule has 7 heteroatoms. The third-order valence-corrected chi connectivity index (χ3v) is 4.38. The van der Waals surface area contributed by atoms with Crippen LogP contribution in [-0.4, -0.2) is 17.0 Å². The molecule has 1 aliphatic rings. The fourth-order valence-corrected chi connectivity index (χ4v) is 2.99. The number of fused-ring (bicyclic) bond motifs is 1. The Morgan fingerprint density at radius 2 is 1.96 bits per heavy atom. The molecule has 0 bridgehead atoms. The standard InChI is InChI=1S/C16H15Cl2N3O2/c1-2-12-16(22)21(8-9-10(17)4-3-5-11(9)18)15-13(23-12)6-7-14(19)20-15/h3-7,12H,2,8H2,1H3,(H2,19,20). The minimum absolute atomic E-state index is 0.186. The van der Waals surface area contributed by atoms with Gasteiger partial charge < -0.3 is 10.5 Å². The van der Waals surface area contributed by atoms with Gasteiger partial charge in [-0.25, -0.2) is 4.98 Å². The summed E-state index contributed by atoms with van der Waals surface area (Å²) in [5.74, 6) is 1.03. The van der Waals surface area contributed by atoms with Crippen LogP contribution in [0, 0.1) is 0 Å². The van der Waals surface area contributed by atoms with Crippen LogP contribution in [0.4, 0.5) is 11.6 Å². The first-order valence-electron chi connectivity index (χ1n) is 7.18. The van der Waals surface area contributed by atoms with E-state index < -0.39 is 6.10 Å². The molecule has 5 nitrogen and oxygen atoms in total. The van der Waals surface area contributed by atoms with E-state index in [9.17, 15) is 4.79 Å². The molecule has 120 valence electrons. The number of halogens is 2. The summed E-state index contributed by atoms with van der Waals surface area (Å²) in [5.41, 5.74) is 6.42. The molecule has 0 spiro atoms. The van der Waals surface area contributed by atoms with Crippen LogP contribution in [-0.2, 0) is 11.3 Å². The number of ether oxygens (including phenoxy) is 1. The highest BCUT2D eigenvalue weighted by Gasteiger charge is 2.35. The zero-order chi connectivity index (χ0) is 16.6. The van der Waals surface area contributed by atoms with Crippen molar-refractivity contribution < 1.29 is 9.53 Å². The van der Waals surface area contributed by atoms with E-state index in [1.807, 2.05) is 6.92 Å². The second kappa shape index (κ2) is 6.26. The van der Waals surface area contributed by atoms with Crippen LogP contribution in [0.3, 0.4) is 0 Å². The van der Waals surface area contributed by atoms with Gasteiger partial charge in [-0.1, -0.05) is 36.2 Å². The van der Waals surface area contributed by atoms with Gasteiger partial charge >= 0.3 is 0 Å². The van der Waals surface area contributed by atoms with E-state index in [1.165, 1.54) is 4.90 Å². The van der Waals surface area contributed by atoms with Crippen molar-refractivity contribution in [2.24, 2.45) is 0 Å². The van der Waals surface area contributed by atoms with Crippen LogP contribution in [0.1, 0.15) is 18.9 Å². The first kappa shape index (κ1) is 15.9. The molecule has 2 heterocycles. The molecule has 1 atom stereocenters. The summed E-state index contributed by atoms with van der Waals surface area (Å²) in [5, 5.41) is 0.991. The summed E-state index contributed by atoms with van der Waals surface area (Å²) in [6.07, 6.45) is -0.00994. The molecule has 3 rings (SSSR count). The Kier molecular flexibility index (Phi) is 4.33. The lowest BCUT2D eigenvalue weighted by molar-refractivity contribution is -0.126. The van der Waals surface area contributed by atoms with Gasteiger partial charge in [0.15, 0.2) is 17.7 Å². The van der Waals surface area contributed by atoms with Gasteiger partial charge in [-0.3, -0.25) is 9.69 Å². The molecule has 1 unspecified atom stereocenters. The summed E-state index contributed by atoms with van der Waals surface area (Å²) >= 11 is 12.5. The van der Waals surface area contributed by atoms with Crippen molar-refractivity contribution in [3.63, 3.8) is 0 Å². The van der Waals surface area contributed by atoms with E-state index in [2.05, 4.69) is 4.98 Å². The largest absolute Gasteiger partial charge is 0.477 e. The van der Waals surface area contributed by atoms with E-state index in [1.54, 1.807) is 30.3 Å². The quantitative estimate of drug-likeness (QED) is 0.915. The van der Waals surface area contributed by atoms with Gasteiger partial charge in [-0.2, -0.15) is 0 Å². The Morgan fingerprint density at radius 3 is 2.61 bits per heavy atom. The molecule has 1 aliphatic heterocycles. The van der Waals surface area contributed by atoms with Gasteiger partial charge in [0.2, 0.25) is 0 Å². The van der Waals surface area contributed by atoms with Crippen molar-refractivity contribution in [2.45, 2.75) is 26.0 Å². The van der Waals surface area contributed by atoms with Gasteiger partial charge in [0.05, 0.1) is 6.54 Å². The molecule has 0 saturated carbocycles. The van der Waals surface area contributed by atoms with E-state index >= 15 is 0 Å². The van der Waals surface area contributed by atoms with Gasteiger partial charge in [0.1, 0.15) is 5.82 Å². The highest BCUT2D eigenvalue weighted by molar-refractivity contribution is 6.36. The number of carbonyl (C=O) groups is 1. The fourth-order valence-electron chi connectivity index (χ4n) is 2.47. The average molecular weight is 352 g/mol. The lowest BCUT2D eigenvalue weighted by Crippen LogP contribution is -2.45. The summed E-state index contributed by atoms with van der Waals surface area (Å²) in [6, 6.07) is 8.59. The summed E-state index contributed by atoms with van der Waals surface area (Å²) in [7, 11) is 0. The maximum Gasteiger partial charge on any atom is 0.269 e. The van der Waals surface area contributed by atoms with Crippen LogP contribution >= 0.6 is 23.2 Å². The zero-order valence-corrected chi connectivity index (χ0v) is 13.9. The van der Waals surface area contributed by atoms with Crippen molar-refractivity contribution in [3.05, 3.63) is 45.9 Å².